The lowest BCUT2D eigenvalue weighted by atomic mass is 9.97. The van der Waals surface area contributed by atoms with Crippen LogP contribution in [0.3, 0.4) is 0 Å². The minimum Gasteiger partial charge on any atom is -0.349 e. The summed E-state index contributed by atoms with van der Waals surface area (Å²) in [5.41, 5.74) is 3.14. The lowest BCUT2D eigenvalue weighted by Crippen LogP contribution is -2.47. The predicted octanol–water partition coefficient (Wildman–Crippen LogP) is 2.53. The van der Waals surface area contributed by atoms with Crippen LogP contribution < -0.4 is 5.32 Å². The number of likely N-dealkylation sites (tertiary alicyclic amines) is 1. The fraction of sp³-hybridized carbons (Fsp3) is 0.381. The van der Waals surface area contributed by atoms with Gasteiger partial charge in [0.25, 0.3) is 5.91 Å². The van der Waals surface area contributed by atoms with Crippen molar-refractivity contribution in [1.29, 1.82) is 0 Å². The minimum absolute atomic E-state index is 0.00848. The maximum Gasteiger partial charge on any atom is 0.251 e. The topological polar surface area (TPSA) is 62.3 Å². The van der Waals surface area contributed by atoms with Crippen LogP contribution in [0.5, 0.6) is 0 Å². The number of pyridine rings is 1. The van der Waals surface area contributed by atoms with E-state index in [0.29, 0.717) is 18.7 Å². The van der Waals surface area contributed by atoms with Crippen molar-refractivity contribution >= 4 is 11.8 Å². The van der Waals surface area contributed by atoms with Crippen molar-refractivity contribution in [2.45, 2.75) is 37.6 Å². The predicted molar refractivity (Wildman–Crippen MR) is 98.8 cm³/mol. The summed E-state index contributed by atoms with van der Waals surface area (Å²) >= 11 is 0. The van der Waals surface area contributed by atoms with Crippen LogP contribution in [-0.4, -0.2) is 40.8 Å². The number of nitrogens with one attached hydrogen (secondary N) is 1. The molecule has 1 aliphatic heterocycles. The van der Waals surface area contributed by atoms with Crippen LogP contribution in [-0.2, 0) is 11.2 Å². The number of hydrogen-bond acceptors (Lipinski definition) is 3. The third-order valence-electron chi connectivity index (χ3n) is 5.52. The average molecular weight is 349 g/mol. The van der Waals surface area contributed by atoms with E-state index in [9.17, 15) is 9.59 Å². The van der Waals surface area contributed by atoms with Gasteiger partial charge >= 0.3 is 0 Å². The van der Waals surface area contributed by atoms with Crippen molar-refractivity contribution in [1.82, 2.24) is 15.2 Å². The Hall–Kier alpha value is -2.69. The standard InChI is InChI=1S/C21H23N3O2/c25-20(16-7-11-22-12-8-16)23-17-9-13-24(14-10-17)21(26)19-6-5-15-3-1-2-4-18(15)19/h1-4,7-8,11-12,17,19H,5-6,9-10,13-14H2,(H,23,25)/t19-/m0/s1. The fourth-order valence-corrected chi connectivity index (χ4v) is 4.05. The van der Waals surface area contributed by atoms with E-state index in [4.69, 9.17) is 0 Å². The van der Waals surface area contributed by atoms with Crippen LogP contribution in [0, 0.1) is 0 Å². The highest BCUT2D eigenvalue weighted by Gasteiger charge is 2.33. The summed E-state index contributed by atoms with van der Waals surface area (Å²) in [5, 5.41) is 3.08. The lowest BCUT2D eigenvalue weighted by Gasteiger charge is -2.34. The molecular weight excluding hydrogens is 326 g/mol. The molecule has 2 aromatic rings. The fourth-order valence-electron chi connectivity index (χ4n) is 4.05. The van der Waals surface area contributed by atoms with E-state index in [1.165, 1.54) is 11.1 Å². The molecule has 1 aromatic heterocycles. The molecule has 0 bridgehead atoms. The van der Waals surface area contributed by atoms with Crippen LogP contribution in [0.1, 0.15) is 46.7 Å². The molecule has 1 aromatic carbocycles. The summed E-state index contributed by atoms with van der Waals surface area (Å²) in [4.78, 5) is 31.1. The molecule has 0 spiro atoms. The van der Waals surface area contributed by atoms with Crippen LogP contribution in [0.2, 0.25) is 0 Å². The van der Waals surface area contributed by atoms with Gasteiger partial charge in [-0.2, -0.15) is 0 Å². The number of aromatic nitrogens is 1. The number of benzene rings is 1. The smallest absolute Gasteiger partial charge is 0.251 e. The average Bonchev–Trinajstić information content (AvgIpc) is 3.13. The first kappa shape index (κ1) is 16.8. The second-order valence-electron chi connectivity index (χ2n) is 7.10. The van der Waals surface area contributed by atoms with Gasteiger partial charge in [0, 0.05) is 37.1 Å². The third-order valence-corrected chi connectivity index (χ3v) is 5.52. The quantitative estimate of drug-likeness (QED) is 0.926. The molecule has 5 heteroatoms. The molecule has 134 valence electrons. The summed E-state index contributed by atoms with van der Waals surface area (Å²) in [6.07, 6.45) is 6.75. The molecule has 2 heterocycles. The Kier molecular flexibility index (Phi) is 4.69. The van der Waals surface area contributed by atoms with Gasteiger partial charge in [-0.1, -0.05) is 24.3 Å². The Balaban J connectivity index is 1.33. The molecule has 0 saturated carbocycles. The zero-order valence-corrected chi connectivity index (χ0v) is 14.7. The van der Waals surface area contributed by atoms with E-state index in [-0.39, 0.29) is 23.8 Å². The first-order chi connectivity index (χ1) is 12.7. The van der Waals surface area contributed by atoms with Gasteiger partial charge in [0.15, 0.2) is 0 Å². The molecule has 1 N–H and O–H groups in total. The van der Waals surface area contributed by atoms with E-state index < -0.39 is 0 Å². The zero-order valence-electron chi connectivity index (χ0n) is 14.7. The molecule has 0 unspecified atom stereocenters. The molecule has 1 fully saturated rings. The highest BCUT2D eigenvalue weighted by molar-refractivity contribution is 5.94. The van der Waals surface area contributed by atoms with Gasteiger partial charge in [0.2, 0.25) is 5.91 Å². The van der Waals surface area contributed by atoms with Crippen molar-refractivity contribution < 1.29 is 9.59 Å². The molecule has 1 saturated heterocycles. The summed E-state index contributed by atoms with van der Waals surface area (Å²) in [6, 6.07) is 11.8. The van der Waals surface area contributed by atoms with Gasteiger partial charge in [-0.15, -0.1) is 0 Å². The summed E-state index contributed by atoms with van der Waals surface area (Å²) in [7, 11) is 0. The van der Waals surface area contributed by atoms with E-state index in [1.807, 2.05) is 17.0 Å². The lowest BCUT2D eigenvalue weighted by molar-refractivity contribution is -0.133. The SMILES string of the molecule is O=C(NC1CCN(C(=O)[C@H]2CCc3ccccc32)CC1)c1ccncc1. The molecule has 0 radical (unpaired) electrons. The zero-order chi connectivity index (χ0) is 17.9. The van der Waals surface area contributed by atoms with Crippen molar-refractivity contribution in [3.8, 4) is 0 Å². The monoisotopic (exact) mass is 349 g/mol. The number of aryl methyl sites for hydroxylation is 1. The van der Waals surface area contributed by atoms with Crippen LogP contribution in [0.25, 0.3) is 0 Å². The Bertz CT molecular complexity index is 798. The van der Waals surface area contributed by atoms with E-state index in [1.54, 1.807) is 24.5 Å². The number of hydrogen-bond donors (Lipinski definition) is 1. The van der Waals surface area contributed by atoms with Gasteiger partial charge < -0.3 is 10.2 Å². The number of rotatable bonds is 3. The Morgan fingerprint density at radius 3 is 2.50 bits per heavy atom. The Morgan fingerprint density at radius 2 is 1.73 bits per heavy atom. The molecule has 2 aliphatic rings. The number of amides is 2. The summed E-state index contributed by atoms with van der Waals surface area (Å²) < 4.78 is 0. The molecular formula is C21H23N3O2. The third kappa shape index (κ3) is 3.34. The van der Waals surface area contributed by atoms with Crippen molar-refractivity contribution in [2.24, 2.45) is 0 Å². The Labute approximate surface area is 153 Å². The van der Waals surface area contributed by atoms with Crippen LogP contribution in [0.4, 0.5) is 0 Å². The second-order valence-corrected chi connectivity index (χ2v) is 7.10. The molecule has 5 nitrogen and oxygen atoms in total. The number of carbonyl (C=O) groups excluding carboxylic acids is 2. The molecule has 26 heavy (non-hydrogen) atoms. The highest BCUT2D eigenvalue weighted by atomic mass is 16.2. The van der Waals surface area contributed by atoms with Crippen molar-refractivity contribution in [3.05, 3.63) is 65.5 Å². The first-order valence-electron chi connectivity index (χ1n) is 9.30. The summed E-state index contributed by atoms with van der Waals surface area (Å²) in [5.74, 6) is 0.185. The number of fused-ring (bicyclic) bond motifs is 1. The van der Waals surface area contributed by atoms with Gasteiger partial charge in [-0.3, -0.25) is 14.6 Å². The largest absolute Gasteiger partial charge is 0.349 e. The number of carbonyl (C=O) groups is 2. The maximum absolute atomic E-state index is 12.9. The number of nitrogens with zero attached hydrogens (tertiary/aromatic N) is 2. The normalized spacial score (nSPS) is 19.8. The number of piperidine rings is 1. The van der Waals surface area contributed by atoms with Crippen molar-refractivity contribution in [3.63, 3.8) is 0 Å². The second kappa shape index (κ2) is 7.28. The van der Waals surface area contributed by atoms with Gasteiger partial charge in [0.05, 0.1) is 5.92 Å². The Morgan fingerprint density at radius 1 is 1.00 bits per heavy atom. The van der Waals surface area contributed by atoms with Gasteiger partial charge in [0.1, 0.15) is 0 Å². The van der Waals surface area contributed by atoms with Crippen LogP contribution in [0.15, 0.2) is 48.8 Å². The van der Waals surface area contributed by atoms with Crippen molar-refractivity contribution in [2.75, 3.05) is 13.1 Å². The molecule has 1 aliphatic carbocycles. The van der Waals surface area contributed by atoms with E-state index in [0.717, 1.165) is 25.7 Å². The van der Waals surface area contributed by atoms with Crippen LogP contribution >= 0.6 is 0 Å². The summed E-state index contributed by atoms with van der Waals surface area (Å²) in [6.45, 7) is 1.41. The van der Waals surface area contributed by atoms with E-state index >= 15 is 0 Å². The van der Waals surface area contributed by atoms with Gasteiger partial charge in [-0.25, -0.2) is 0 Å². The highest BCUT2D eigenvalue weighted by Crippen LogP contribution is 2.34. The minimum atomic E-state index is -0.0677. The first-order valence-corrected chi connectivity index (χ1v) is 9.30. The van der Waals surface area contributed by atoms with E-state index in [2.05, 4.69) is 22.4 Å². The molecule has 4 rings (SSSR count). The molecule has 1 atom stereocenters. The van der Waals surface area contributed by atoms with Gasteiger partial charge in [-0.05, 0) is 48.9 Å². The maximum atomic E-state index is 12.9. The molecule has 2 amide bonds.